The lowest BCUT2D eigenvalue weighted by Gasteiger charge is -2.11. The lowest BCUT2D eigenvalue weighted by Crippen LogP contribution is -2.12. The van der Waals surface area contributed by atoms with Gasteiger partial charge in [0.25, 0.3) is 5.92 Å². The van der Waals surface area contributed by atoms with E-state index in [1.807, 2.05) is 0 Å². The number of rotatable bonds is 5. The van der Waals surface area contributed by atoms with Crippen molar-refractivity contribution in [2.45, 2.75) is 31.6 Å². The van der Waals surface area contributed by atoms with Crippen molar-refractivity contribution < 1.29 is 13.6 Å². The van der Waals surface area contributed by atoms with Crippen LogP contribution in [0.15, 0.2) is 30.5 Å². The molecular weight excluding hydrogens is 328 g/mol. The van der Waals surface area contributed by atoms with Crippen molar-refractivity contribution in [3.63, 3.8) is 0 Å². The number of aromatic nitrogens is 4. The summed E-state index contributed by atoms with van der Waals surface area (Å²) in [6, 6.07) is 6.12. The number of pyridine rings is 2. The first-order chi connectivity index (χ1) is 12.0. The van der Waals surface area contributed by atoms with Crippen LogP contribution in [0, 0.1) is 0 Å². The van der Waals surface area contributed by atoms with Crippen molar-refractivity contribution in [1.82, 2.24) is 19.7 Å². The van der Waals surface area contributed by atoms with Crippen molar-refractivity contribution in [1.29, 1.82) is 0 Å². The summed E-state index contributed by atoms with van der Waals surface area (Å²) < 4.78 is 28.8. The molecule has 1 N–H and O–H groups in total. The fourth-order valence-electron chi connectivity index (χ4n) is 2.79. The predicted octanol–water partition coefficient (Wildman–Crippen LogP) is 3.37. The van der Waals surface area contributed by atoms with E-state index in [0.29, 0.717) is 29.5 Å². The first-order valence-electron chi connectivity index (χ1n) is 7.92. The van der Waals surface area contributed by atoms with E-state index in [1.165, 1.54) is 16.8 Å². The number of nitrogens with one attached hydrogen (secondary N) is 1. The minimum atomic E-state index is -3.04. The molecule has 3 aromatic rings. The highest BCUT2D eigenvalue weighted by Gasteiger charge is 2.30. The minimum absolute atomic E-state index is 0.305. The van der Waals surface area contributed by atoms with Gasteiger partial charge in [-0.2, -0.15) is 13.9 Å². The number of carbonyl (C=O) groups is 1. The third kappa shape index (κ3) is 2.84. The van der Waals surface area contributed by atoms with E-state index in [2.05, 4.69) is 20.4 Å². The lowest BCUT2D eigenvalue weighted by molar-refractivity contribution is -0.105. The third-order valence-electron chi connectivity index (χ3n) is 4.17. The van der Waals surface area contributed by atoms with Gasteiger partial charge in [0.15, 0.2) is 5.82 Å². The van der Waals surface area contributed by atoms with Crippen molar-refractivity contribution in [3.8, 4) is 5.82 Å². The molecule has 8 heteroatoms. The number of hydrogen-bond donors (Lipinski definition) is 1. The Hall–Kier alpha value is -2.90. The molecule has 3 aromatic heterocycles. The molecule has 128 valence electrons. The first-order valence-corrected chi connectivity index (χ1v) is 7.92. The maximum Gasteiger partial charge on any atom is 0.287 e. The SMILES string of the molecule is CC(F)(F)c1cccc(-n2nc(C3CC3)c3cnc(NC=O)cc32)n1. The van der Waals surface area contributed by atoms with Crippen LogP contribution in [-0.2, 0) is 10.7 Å². The van der Waals surface area contributed by atoms with E-state index in [1.54, 1.807) is 18.3 Å². The zero-order valence-corrected chi connectivity index (χ0v) is 13.4. The standard InChI is InChI=1S/C17H15F2N5O/c1-17(18,19)13-3-2-4-15(22-13)24-12-7-14(21-9-25)20-8-11(12)16(23-24)10-5-6-10/h2-4,7-10H,5-6H2,1H3,(H,20,21,25). The van der Waals surface area contributed by atoms with Crippen LogP contribution < -0.4 is 5.32 Å². The summed E-state index contributed by atoms with van der Waals surface area (Å²) in [7, 11) is 0. The van der Waals surface area contributed by atoms with Crippen LogP contribution in [0.5, 0.6) is 0 Å². The van der Waals surface area contributed by atoms with Gasteiger partial charge in [-0.1, -0.05) is 6.07 Å². The van der Waals surface area contributed by atoms with Gasteiger partial charge in [0.05, 0.1) is 11.2 Å². The molecule has 25 heavy (non-hydrogen) atoms. The molecule has 0 saturated heterocycles. The predicted molar refractivity (Wildman–Crippen MR) is 87.9 cm³/mol. The van der Waals surface area contributed by atoms with Gasteiger partial charge in [-0.15, -0.1) is 0 Å². The molecule has 0 radical (unpaired) electrons. The summed E-state index contributed by atoms with van der Waals surface area (Å²) in [6.07, 6.45) is 4.27. The van der Waals surface area contributed by atoms with E-state index >= 15 is 0 Å². The average Bonchev–Trinajstić information content (AvgIpc) is 3.35. The smallest absolute Gasteiger partial charge is 0.287 e. The van der Waals surface area contributed by atoms with E-state index < -0.39 is 5.92 Å². The van der Waals surface area contributed by atoms with E-state index in [0.717, 1.165) is 30.8 Å². The molecule has 1 amide bonds. The van der Waals surface area contributed by atoms with Crippen LogP contribution >= 0.6 is 0 Å². The molecule has 3 heterocycles. The summed E-state index contributed by atoms with van der Waals surface area (Å²) in [5, 5.41) is 7.94. The lowest BCUT2D eigenvalue weighted by atomic mass is 10.2. The molecule has 0 bridgehead atoms. The van der Waals surface area contributed by atoms with Crippen LogP contribution in [0.25, 0.3) is 16.7 Å². The van der Waals surface area contributed by atoms with Crippen LogP contribution in [0.1, 0.15) is 37.1 Å². The largest absolute Gasteiger partial charge is 0.313 e. The van der Waals surface area contributed by atoms with Gasteiger partial charge in [0.2, 0.25) is 6.41 Å². The highest BCUT2D eigenvalue weighted by molar-refractivity contribution is 5.86. The second-order valence-electron chi connectivity index (χ2n) is 6.19. The van der Waals surface area contributed by atoms with Gasteiger partial charge in [0.1, 0.15) is 11.5 Å². The van der Waals surface area contributed by atoms with Gasteiger partial charge in [-0.25, -0.2) is 14.6 Å². The molecule has 0 aromatic carbocycles. The molecule has 4 rings (SSSR count). The second-order valence-corrected chi connectivity index (χ2v) is 6.19. The Balaban J connectivity index is 1.91. The number of hydrogen-bond acceptors (Lipinski definition) is 4. The summed E-state index contributed by atoms with van der Waals surface area (Å²) in [5.74, 6) is -2.02. The molecule has 0 aliphatic heterocycles. The molecule has 6 nitrogen and oxygen atoms in total. The quantitative estimate of drug-likeness (QED) is 0.721. The van der Waals surface area contributed by atoms with Crippen LogP contribution in [-0.4, -0.2) is 26.2 Å². The molecular formula is C17H15F2N5O. The van der Waals surface area contributed by atoms with E-state index in [-0.39, 0.29) is 5.69 Å². The fourth-order valence-corrected chi connectivity index (χ4v) is 2.79. The second kappa shape index (κ2) is 5.58. The molecule has 1 saturated carbocycles. The number of alkyl halides is 2. The van der Waals surface area contributed by atoms with Crippen LogP contribution in [0.3, 0.4) is 0 Å². The van der Waals surface area contributed by atoms with Crippen molar-refractivity contribution in [2.24, 2.45) is 0 Å². The molecule has 0 atom stereocenters. The Bertz CT molecular complexity index is 959. The molecule has 0 unspecified atom stereocenters. The molecule has 1 aliphatic carbocycles. The van der Waals surface area contributed by atoms with Crippen LogP contribution in [0.2, 0.25) is 0 Å². The number of amides is 1. The zero-order chi connectivity index (χ0) is 17.6. The Morgan fingerprint density at radius 1 is 1.36 bits per heavy atom. The number of carbonyl (C=O) groups excluding carboxylic acids is 1. The molecule has 1 fully saturated rings. The normalized spacial score (nSPS) is 14.7. The Morgan fingerprint density at radius 2 is 2.16 bits per heavy atom. The number of halogens is 2. The van der Waals surface area contributed by atoms with E-state index in [9.17, 15) is 13.6 Å². The van der Waals surface area contributed by atoms with Gasteiger partial charge in [-0.3, -0.25) is 4.79 Å². The fraction of sp³-hybridized carbons (Fsp3) is 0.294. The highest BCUT2D eigenvalue weighted by Crippen LogP contribution is 2.43. The summed E-state index contributed by atoms with van der Waals surface area (Å²) in [5.41, 5.74) is 1.24. The Kier molecular flexibility index (Phi) is 3.48. The molecule has 1 aliphatic rings. The maximum absolute atomic E-state index is 13.6. The Morgan fingerprint density at radius 3 is 2.84 bits per heavy atom. The van der Waals surface area contributed by atoms with Gasteiger partial charge < -0.3 is 5.32 Å². The minimum Gasteiger partial charge on any atom is -0.313 e. The summed E-state index contributed by atoms with van der Waals surface area (Å²) in [6.45, 7) is 0.811. The number of anilines is 1. The van der Waals surface area contributed by atoms with Crippen LogP contribution in [0.4, 0.5) is 14.6 Å². The zero-order valence-electron chi connectivity index (χ0n) is 13.4. The molecule has 0 spiro atoms. The van der Waals surface area contributed by atoms with Gasteiger partial charge in [-0.05, 0) is 25.0 Å². The number of nitrogens with zero attached hydrogens (tertiary/aromatic N) is 4. The average molecular weight is 343 g/mol. The van der Waals surface area contributed by atoms with Gasteiger partial charge in [0, 0.05) is 30.5 Å². The Labute approximate surface area is 141 Å². The summed E-state index contributed by atoms with van der Waals surface area (Å²) >= 11 is 0. The van der Waals surface area contributed by atoms with E-state index in [4.69, 9.17) is 0 Å². The maximum atomic E-state index is 13.6. The first kappa shape index (κ1) is 15.6. The third-order valence-corrected chi connectivity index (χ3v) is 4.17. The number of fused-ring (bicyclic) bond motifs is 1. The monoisotopic (exact) mass is 343 g/mol. The van der Waals surface area contributed by atoms with Gasteiger partial charge >= 0.3 is 0 Å². The van der Waals surface area contributed by atoms with Crippen molar-refractivity contribution in [3.05, 3.63) is 41.9 Å². The topological polar surface area (TPSA) is 72.7 Å². The van der Waals surface area contributed by atoms with Crippen molar-refractivity contribution >= 4 is 23.1 Å². The summed E-state index contributed by atoms with van der Waals surface area (Å²) in [4.78, 5) is 18.9. The van der Waals surface area contributed by atoms with Crippen molar-refractivity contribution in [2.75, 3.05) is 5.32 Å². The highest BCUT2D eigenvalue weighted by atomic mass is 19.3.